The zero-order chi connectivity index (χ0) is 19.6. The van der Waals surface area contributed by atoms with Crippen molar-refractivity contribution in [1.29, 1.82) is 0 Å². The van der Waals surface area contributed by atoms with Crippen molar-refractivity contribution < 1.29 is 14.3 Å². The van der Waals surface area contributed by atoms with E-state index in [4.69, 9.17) is 14.5 Å². The molecule has 0 bridgehead atoms. The monoisotopic (exact) mass is 375 g/mol. The second kappa shape index (κ2) is 10.9. The Labute approximate surface area is 162 Å². The van der Waals surface area contributed by atoms with Gasteiger partial charge >= 0.3 is 5.97 Å². The topological polar surface area (TPSA) is 63.2 Å². The van der Waals surface area contributed by atoms with Gasteiger partial charge in [-0.05, 0) is 31.7 Å². The van der Waals surface area contributed by atoms with Gasteiger partial charge in [0.1, 0.15) is 0 Å². The summed E-state index contributed by atoms with van der Waals surface area (Å²) in [5.41, 5.74) is 1.19. The van der Waals surface area contributed by atoms with Crippen LogP contribution in [0.2, 0.25) is 0 Å². The van der Waals surface area contributed by atoms with Crippen molar-refractivity contribution in [3.63, 3.8) is 0 Å². The van der Waals surface area contributed by atoms with Crippen LogP contribution in [0, 0.1) is 11.8 Å². The maximum absolute atomic E-state index is 11.9. The number of hydrogen-bond donors (Lipinski definition) is 1. The number of likely N-dealkylation sites (tertiary alicyclic amines) is 1. The summed E-state index contributed by atoms with van der Waals surface area (Å²) >= 11 is 0. The summed E-state index contributed by atoms with van der Waals surface area (Å²) in [5, 5.41) is 3.33. The molecule has 1 saturated heterocycles. The minimum Gasteiger partial charge on any atom is -0.469 e. The van der Waals surface area contributed by atoms with Gasteiger partial charge in [-0.15, -0.1) is 0 Å². The van der Waals surface area contributed by atoms with E-state index >= 15 is 0 Å². The molecule has 0 aliphatic carbocycles. The van der Waals surface area contributed by atoms with Gasteiger partial charge in [0, 0.05) is 32.8 Å². The largest absolute Gasteiger partial charge is 0.469 e. The molecule has 1 heterocycles. The summed E-state index contributed by atoms with van der Waals surface area (Å²) in [6.45, 7) is 9.84. The van der Waals surface area contributed by atoms with Crippen LogP contribution in [0.5, 0.6) is 0 Å². The van der Waals surface area contributed by atoms with E-state index in [-0.39, 0.29) is 23.9 Å². The van der Waals surface area contributed by atoms with Crippen molar-refractivity contribution in [1.82, 2.24) is 10.2 Å². The molecule has 1 aromatic rings. The number of ether oxygens (including phenoxy) is 2. The lowest BCUT2D eigenvalue weighted by Gasteiger charge is -2.21. The molecule has 0 radical (unpaired) electrons. The van der Waals surface area contributed by atoms with E-state index in [1.165, 1.54) is 12.7 Å². The number of rotatable bonds is 8. The van der Waals surface area contributed by atoms with Crippen molar-refractivity contribution >= 4 is 11.9 Å². The molecule has 1 N–H and O–H groups in total. The summed E-state index contributed by atoms with van der Waals surface area (Å²) in [5.74, 6) is 0.904. The highest BCUT2D eigenvalue weighted by Crippen LogP contribution is 2.24. The molecule has 6 nitrogen and oxygen atoms in total. The average Bonchev–Trinajstić information content (AvgIpc) is 3.08. The Hall–Kier alpha value is -2.08. The van der Waals surface area contributed by atoms with Crippen molar-refractivity contribution in [2.75, 3.05) is 39.9 Å². The lowest BCUT2D eigenvalue weighted by atomic mass is 9.99. The molecule has 2 rings (SSSR count). The first kappa shape index (κ1) is 21.2. The van der Waals surface area contributed by atoms with Crippen molar-refractivity contribution in [3.8, 4) is 0 Å². The lowest BCUT2D eigenvalue weighted by molar-refractivity contribution is -0.145. The Morgan fingerprint density at radius 2 is 2.07 bits per heavy atom. The Morgan fingerprint density at radius 3 is 2.74 bits per heavy atom. The molecule has 150 valence electrons. The SMILES string of the molecule is CCNC(=NCCCOC(C)c1ccccc1)N1CC(C)C(C(=O)OC)C1. The zero-order valence-electron chi connectivity index (χ0n) is 17.0. The van der Waals surface area contributed by atoms with E-state index in [1.54, 1.807) is 0 Å². The molecule has 1 aliphatic heterocycles. The fourth-order valence-electron chi connectivity index (χ4n) is 3.35. The minimum absolute atomic E-state index is 0.0867. The molecule has 3 unspecified atom stereocenters. The molecule has 6 heteroatoms. The van der Waals surface area contributed by atoms with Crippen LogP contribution in [0.15, 0.2) is 35.3 Å². The number of methoxy groups -OCH3 is 1. The number of carbonyl (C=O) groups excluding carboxylic acids is 1. The predicted octanol–water partition coefficient (Wildman–Crippen LogP) is 2.86. The molecule has 27 heavy (non-hydrogen) atoms. The zero-order valence-corrected chi connectivity index (χ0v) is 17.0. The highest BCUT2D eigenvalue weighted by Gasteiger charge is 2.36. The second-order valence-corrected chi connectivity index (χ2v) is 7.02. The van der Waals surface area contributed by atoms with Crippen molar-refractivity contribution in [2.45, 2.75) is 33.3 Å². The number of carbonyl (C=O) groups is 1. The lowest BCUT2D eigenvalue weighted by Crippen LogP contribution is -2.40. The molecule has 1 aromatic carbocycles. The van der Waals surface area contributed by atoms with E-state index in [0.717, 1.165) is 25.5 Å². The van der Waals surface area contributed by atoms with Gasteiger partial charge in [0.05, 0.1) is 19.1 Å². The molecule has 1 fully saturated rings. The molecular formula is C21H33N3O3. The molecule has 0 saturated carbocycles. The highest BCUT2D eigenvalue weighted by molar-refractivity contribution is 5.82. The fraction of sp³-hybridized carbons (Fsp3) is 0.619. The van der Waals surface area contributed by atoms with Crippen molar-refractivity contribution in [3.05, 3.63) is 35.9 Å². The van der Waals surface area contributed by atoms with E-state index < -0.39 is 0 Å². The predicted molar refractivity (Wildman–Crippen MR) is 108 cm³/mol. The summed E-state index contributed by atoms with van der Waals surface area (Å²) in [6.07, 6.45) is 0.944. The van der Waals surface area contributed by atoms with Crippen LogP contribution >= 0.6 is 0 Å². The normalized spacial score (nSPS) is 21.2. The van der Waals surface area contributed by atoms with E-state index in [0.29, 0.717) is 19.7 Å². The van der Waals surface area contributed by atoms with Gasteiger partial charge in [0.25, 0.3) is 0 Å². The van der Waals surface area contributed by atoms with Crippen molar-refractivity contribution in [2.24, 2.45) is 16.8 Å². The summed E-state index contributed by atoms with van der Waals surface area (Å²) in [6, 6.07) is 10.2. The third-order valence-electron chi connectivity index (χ3n) is 4.95. The Bertz CT molecular complexity index is 606. The summed E-state index contributed by atoms with van der Waals surface area (Å²) in [4.78, 5) is 18.8. The van der Waals surface area contributed by atoms with Gasteiger partial charge in [-0.1, -0.05) is 37.3 Å². The quantitative estimate of drug-likeness (QED) is 0.328. The fourth-order valence-corrected chi connectivity index (χ4v) is 3.35. The molecule has 3 atom stereocenters. The van der Waals surface area contributed by atoms with Gasteiger partial charge in [-0.3, -0.25) is 9.79 Å². The van der Waals surface area contributed by atoms with Crippen LogP contribution < -0.4 is 5.32 Å². The van der Waals surface area contributed by atoms with E-state index in [1.807, 2.05) is 18.2 Å². The number of benzene rings is 1. The average molecular weight is 376 g/mol. The molecule has 0 aromatic heterocycles. The van der Waals surface area contributed by atoms with E-state index in [9.17, 15) is 4.79 Å². The van der Waals surface area contributed by atoms with Crippen LogP contribution in [-0.4, -0.2) is 56.7 Å². The van der Waals surface area contributed by atoms with Crippen LogP contribution in [-0.2, 0) is 14.3 Å². The van der Waals surface area contributed by atoms with Crippen LogP contribution in [0.4, 0.5) is 0 Å². The van der Waals surface area contributed by atoms with Crippen LogP contribution in [0.25, 0.3) is 0 Å². The van der Waals surface area contributed by atoms with Gasteiger partial charge < -0.3 is 19.7 Å². The van der Waals surface area contributed by atoms with E-state index in [2.05, 4.69) is 43.1 Å². The Kier molecular flexibility index (Phi) is 8.58. The minimum atomic E-state index is -0.135. The number of nitrogens with one attached hydrogen (secondary N) is 1. The Morgan fingerprint density at radius 1 is 1.33 bits per heavy atom. The Balaban J connectivity index is 1.81. The summed E-state index contributed by atoms with van der Waals surface area (Å²) < 4.78 is 10.8. The molecule has 0 amide bonds. The first-order valence-corrected chi connectivity index (χ1v) is 9.84. The second-order valence-electron chi connectivity index (χ2n) is 7.02. The molecule has 0 spiro atoms. The van der Waals surface area contributed by atoms with Crippen LogP contribution in [0.1, 0.15) is 38.9 Å². The van der Waals surface area contributed by atoms with Crippen LogP contribution in [0.3, 0.4) is 0 Å². The number of guanidine groups is 1. The maximum atomic E-state index is 11.9. The van der Waals surface area contributed by atoms with Gasteiger partial charge in [0.15, 0.2) is 5.96 Å². The molecular weight excluding hydrogens is 342 g/mol. The van der Waals surface area contributed by atoms with Gasteiger partial charge in [-0.25, -0.2) is 0 Å². The number of hydrogen-bond acceptors (Lipinski definition) is 4. The number of aliphatic imine (C=N–C) groups is 1. The third-order valence-corrected chi connectivity index (χ3v) is 4.95. The first-order chi connectivity index (χ1) is 13.1. The number of esters is 1. The third kappa shape index (κ3) is 6.24. The van der Waals surface area contributed by atoms with Gasteiger partial charge in [-0.2, -0.15) is 0 Å². The smallest absolute Gasteiger partial charge is 0.310 e. The highest BCUT2D eigenvalue weighted by atomic mass is 16.5. The molecule has 1 aliphatic rings. The maximum Gasteiger partial charge on any atom is 0.310 e. The standard InChI is InChI=1S/C21H33N3O3/c1-5-22-21(24-14-16(2)19(15-24)20(25)26-4)23-12-9-13-27-17(3)18-10-7-6-8-11-18/h6-8,10-11,16-17,19H,5,9,12-15H2,1-4H3,(H,22,23). The van der Waals surface area contributed by atoms with Gasteiger partial charge in [0.2, 0.25) is 0 Å². The number of nitrogens with zero attached hydrogens (tertiary/aromatic N) is 2. The first-order valence-electron chi connectivity index (χ1n) is 9.84. The summed E-state index contributed by atoms with van der Waals surface area (Å²) in [7, 11) is 1.45.